The van der Waals surface area contributed by atoms with Crippen molar-refractivity contribution in [3.63, 3.8) is 0 Å². The van der Waals surface area contributed by atoms with E-state index in [4.69, 9.17) is 10.8 Å². The standard InChI is InChI=1S/C9H9NOS/c10-8-6-7(2-1-5-12)3-4-9(8)11/h3-4,6,11-12H,5,10H2. The molecule has 0 radical (unpaired) electrons. The Bertz CT molecular complexity index is 338. The van der Waals surface area contributed by atoms with E-state index < -0.39 is 0 Å². The lowest BCUT2D eigenvalue weighted by atomic mass is 10.2. The van der Waals surface area contributed by atoms with Crippen molar-refractivity contribution in [3.8, 4) is 17.6 Å². The van der Waals surface area contributed by atoms with Gasteiger partial charge in [0.05, 0.1) is 11.4 Å². The highest BCUT2D eigenvalue weighted by atomic mass is 32.1. The Labute approximate surface area is 76.8 Å². The van der Waals surface area contributed by atoms with Crippen molar-refractivity contribution >= 4 is 18.3 Å². The summed E-state index contributed by atoms with van der Waals surface area (Å²) in [6.45, 7) is 0. The van der Waals surface area contributed by atoms with Gasteiger partial charge < -0.3 is 10.8 Å². The molecule has 62 valence electrons. The molecule has 1 rings (SSSR count). The lowest BCUT2D eigenvalue weighted by Crippen LogP contribution is -1.86. The zero-order chi connectivity index (χ0) is 8.97. The van der Waals surface area contributed by atoms with Gasteiger partial charge in [-0.15, -0.1) is 0 Å². The Morgan fingerprint density at radius 2 is 2.25 bits per heavy atom. The van der Waals surface area contributed by atoms with E-state index in [0.29, 0.717) is 11.4 Å². The summed E-state index contributed by atoms with van der Waals surface area (Å²) in [5.74, 6) is 6.24. The number of benzene rings is 1. The largest absolute Gasteiger partial charge is 0.506 e. The van der Waals surface area contributed by atoms with Crippen LogP contribution >= 0.6 is 12.6 Å². The molecular formula is C9H9NOS. The fraction of sp³-hybridized carbons (Fsp3) is 0.111. The summed E-state index contributed by atoms with van der Waals surface area (Å²) in [6.07, 6.45) is 0. The molecule has 0 aliphatic rings. The molecule has 0 atom stereocenters. The third kappa shape index (κ3) is 2.11. The fourth-order valence-electron chi connectivity index (χ4n) is 0.774. The van der Waals surface area contributed by atoms with Crippen LogP contribution in [-0.2, 0) is 0 Å². The number of anilines is 1. The molecule has 0 fully saturated rings. The molecule has 0 amide bonds. The monoisotopic (exact) mass is 179 g/mol. The molecule has 0 aliphatic heterocycles. The minimum Gasteiger partial charge on any atom is -0.506 e. The van der Waals surface area contributed by atoms with E-state index in [1.807, 2.05) is 0 Å². The van der Waals surface area contributed by atoms with Crippen molar-refractivity contribution in [2.45, 2.75) is 0 Å². The molecule has 0 spiro atoms. The molecule has 0 heterocycles. The summed E-state index contributed by atoms with van der Waals surface area (Å²) in [6, 6.07) is 4.87. The van der Waals surface area contributed by atoms with Crippen molar-refractivity contribution in [3.05, 3.63) is 23.8 Å². The third-order valence-electron chi connectivity index (χ3n) is 1.34. The highest BCUT2D eigenvalue weighted by Gasteiger charge is 1.94. The van der Waals surface area contributed by atoms with Gasteiger partial charge in [-0.1, -0.05) is 11.8 Å². The Morgan fingerprint density at radius 3 is 2.83 bits per heavy atom. The molecule has 1 aromatic carbocycles. The van der Waals surface area contributed by atoms with Crippen LogP contribution in [0.1, 0.15) is 5.56 Å². The number of hydrogen-bond donors (Lipinski definition) is 3. The SMILES string of the molecule is Nc1cc(C#CCS)ccc1O. The van der Waals surface area contributed by atoms with Crippen molar-refractivity contribution in [1.29, 1.82) is 0 Å². The number of hydrogen-bond acceptors (Lipinski definition) is 3. The van der Waals surface area contributed by atoms with Gasteiger partial charge >= 0.3 is 0 Å². The van der Waals surface area contributed by atoms with Gasteiger partial charge in [0.25, 0.3) is 0 Å². The number of thiol groups is 1. The smallest absolute Gasteiger partial charge is 0.138 e. The third-order valence-corrected chi connectivity index (χ3v) is 1.50. The zero-order valence-electron chi connectivity index (χ0n) is 6.41. The van der Waals surface area contributed by atoms with Crippen LogP contribution in [-0.4, -0.2) is 10.9 Å². The Kier molecular flexibility index (Phi) is 2.89. The van der Waals surface area contributed by atoms with Crippen LogP contribution < -0.4 is 5.73 Å². The number of rotatable bonds is 0. The number of nitrogen functional groups attached to an aromatic ring is 1. The highest BCUT2D eigenvalue weighted by Crippen LogP contribution is 2.19. The van der Waals surface area contributed by atoms with Crippen molar-refractivity contribution in [2.75, 3.05) is 11.5 Å². The first kappa shape index (κ1) is 8.82. The molecule has 3 heteroatoms. The minimum atomic E-state index is 0.0893. The molecule has 3 N–H and O–H groups in total. The van der Waals surface area contributed by atoms with Gasteiger partial charge in [-0.3, -0.25) is 0 Å². The maximum Gasteiger partial charge on any atom is 0.138 e. The molecule has 0 aromatic heterocycles. The molecule has 0 saturated carbocycles. The van der Waals surface area contributed by atoms with Crippen LogP contribution in [0, 0.1) is 11.8 Å². The van der Waals surface area contributed by atoms with E-state index >= 15 is 0 Å². The summed E-state index contributed by atoms with van der Waals surface area (Å²) < 4.78 is 0. The van der Waals surface area contributed by atoms with Gasteiger partial charge in [0, 0.05) is 5.56 Å². The number of phenols is 1. The normalized spacial score (nSPS) is 8.75. The van der Waals surface area contributed by atoms with E-state index in [9.17, 15) is 0 Å². The number of aromatic hydroxyl groups is 1. The van der Waals surface area contributed by atoms with Crippen LogP contribution in [0.2, 0.25) is 0 Å². The van der Waals surface area contributed by atoms with Crippen LogP contribution in [0.4, 0.5) is 5.69 Å². The van der Waals surface area contributed by atoms with Crippen molar-refractivity contribution in [1.82, 2.24) is 0 Å². The van der Waals surface area contributed by atoms with Gasteiger partial charge in [0.2, 0.25) is 0 Å². The summed E-state index contributed by atoms with van der Waals surface area (Å²) in [4.78, 5) is 0. The van der Waals surface area contributed by atoms with Gasteiger partial charge in [0.1, 0.15) is 5.75 Å². The lowest BCUT2D eigenvalue weighted by Gasteiger charge is -1.97. The van der Waals surface area contributed by atoms with E-state index in [1.165, 1.54) is 6.07 Å². The average molecular weight is 179 g/mol. The maximum absolute atomic E-state index is 9.08. The molecule has 1 aromatic rings. The second-order valence-corrected chi connectivity index (χ2v) is 2.55. The van der Waals surface area contributed by atoms with Crippen LogP contribution in [0.25, 0.3) is 0 Å². The lowest BCUT2D eigenvalue weighted by molar-refractivity contribution is 0.478. The summed E-state index contributed by atoms with van der Waals surface area (Å²) in [5.41, 5.74) is 6.59. The van der Waals surface area contributed by atoms with E-state index in [-0.39, 0.29) is 5.75 Å². The predicted molar refractivity (Wildman–Crippen MR) is 53.3 cm³/mol. The second-order valence-electron chi connectivity index (χ2n) is 2.23. The first-order valence-electron chi connectivity index (χ1n) is 3.42. The minimum absolute atomic E-state index is 0.0893. The molecule has 12 heavy (non-hydrogen) atoms. The van der Waals surface area contributed by atoms with E-state index in [1.54, 1.807) is 12.1 Å². The predicted octanol–water partition coefficient (Wildman–Crippen LogP) is 1.26. The fourth-order valence-corrected chi connectivity index (χ4v) is 0.853. The first-order chi connectivity index (χ1) is 5.74. The van der Waals surface area contributed by atoms with Crippen LogP contribution in [0.3, 0.4) is 0 Å². The van der Waals surface area contributed by atoms with Crippen LogP contribution in [0.15, 0.2) is 18.2 Å². The topological polar surface area (TPSA) is 46.2 Å². The van der Waals surface area contributed by atoms with Crippen molar-refractivity contribution < 1.29 is 5.11 Å². The van der Waals surface area contributed by atoms with Gasteiger partial charge in [-0.05, 0) is 18.2 Å². The Hall–Kier alpha value is -1.27. The average Bonchev–Trinajstić information content (AvgIpc) is 2.07. The molecular weight excluding hydrogens is 170 g/mol. The molecule has 0 unspecified atom stereocenters. The number of nitrogens with two attached hydrogens (primary N) is 1. The molecule has 2 nitrogen and oxygen atoms in total. The second kappa shape index (κ2) is 3.93. The summed E-state index contributed by atoms with van der Waals surface area (Å²) in [5, 5.41) is 9.08. The Balaban J connectivity index is 2.97. The van der Waals surface area contributed by atoms with Gasteiger partial charge in [-0.2, -0.15) is 12.6 Å². The number of phenolic OH excluding ortho intramolecular Hbond substituents is 1. The van der Waals surface area contributed by atoms with Gasteiger partial charge in [0.15, 0.2) is 0 Å². The molecule has 0 aliphatic carbocycles. The summed E-state index contributed by atoms with van der Waals surface area (Å²) in [7, 11) is 0. The quantitative estimate of drug-likeness (QED) is 0.243. The van der Waals surface area contributed by atoms with E-state index in [0.717, 1.165) is 5.56 Å². The first-order valence-corrected chi connectivity index (χ1v) is 4.05. The highest BCUT2D eigenvalue weighted by molar-refractivity contribution is 7.80. The van der Waals surface area contributed by atoms with Crippen LogP contribution in [0.5, 0.6) is 5.75 Å². The van der Waals surface area contributed by atoms with Crippen molar-refractivity contribution in [2.24, 2.45) is 0 Å². The zero-order valence-corrected chi connectivity index (χ0v) is 7.31. The molecule has 0 bridgehead atoms. The van der Waals surface area contributed by atoms with Gasteiger partial charge in [-0.25, -0.2) is 0 Å². The molecule has 0 saturated heterocycles. The summed E-state index contributed by atoms with van der Waals surface area (Å²) >= 11 is 3.94. The maximum atomic E-state index is 9.08. The Morgan fingerprint density at radius 1 is 1.50 bits per heavy atom. The van der Waals surface area contributed by atoms with E-state index in [2.05, 4.69) is 24.5 Å².